The molecule has 0 N–H and O–H groups in total. The van der Waals surface area contributed by atoms with Crippen LogP contribution in [0.3, 0.4) is 0 Å². The molecule has 8 nitrogen and oxygen atoms in total. The van der Waals surface area contributed by atoms with E-state index < -0.39 is 0 Å². The van der Waals surface area contributed by atoms with Gasteiger partial charge in [-0.25, -0.2) is 4.98 Å². The fourth-order valence-corrected chi connectivity index (χ4v) is 6.05. The van der Waals surface area contributed by atoms with Crippen LogP contribution in [0.2, 0.25) is 0 Å². The van der Waals surface area contributed by atoms with E-state index in [4.69, 9.17) is 14.5 Å². The summed E-state index contributed by atoms with van der Waals surface area (Å²) >= 11 is 2.27. The molecule has 1 aliphatic rings. The number of ether oxygens (including phenoxy) is 2. The summed E-state index contributed by atoms with van der Waals surface area (Å²) in [4.78, 5) is 7.22. The molecule has 1 saturated heterocycles. The first-order valence-electron chi connectivity index (χ1n) is 12.9. The van der Waals surface area contributed by atoms with E-state index in [1.54, 1.807) is 9.12 Å². The van der Waals surface area contributed by atoms with Gasteiger partial charge in [-0.15, -0.1) is 0 Å². The van der Waals surface area contributed by atoms with E-state index in [1.165, 1.54) is 0 Å². The second kappa shape index (κ2) is 12.5. The Hall–Kier alpha value is -2.59. The fourth-order valence-electron chi connectivity index (χ4n) is 4.79. The van der Waals surface area contributed by atoms with Crippen molar-refractivity contribution < 1.29 is 9.47 Å². The number of rotatable bonds is 10. The zero-order valence-electron chi connectivity index (χ0n) is 21.6. The first kappa shape index (κ1) is 27.0. The second-order valence-electron chi connectivity index (χ2n) is 9.52. The van der Waals surface area contributed by atoms with Gasteiger partial charge < -0.3 is 9.47 Å². The van der Waals surface area contributed by atoms with Crippen LogP contribution in [0.25, 0.3) is 33.3 Å². The maximum absolute atomic E-state index is 9.85. The molecule has 1 aliphatic heterocycles. The number of hydrogen-bond acceptors (Lipinski definition) is 7. The zero-order valence-corrected chi connectivity index (χ0v) is 24.6. The SMILES string of the molecule is CCCC(C)Oc1ccc(-c2cn(SI)c3ncc(-c4cnn(CCN5CCOCC5)c4)cc23)cc1C#N. The second-order valence-corrected chi connectivity index (χ2v) is 11.2. The standard InChI is InChI=1S/C28H31IN6O2S/c1-3-4-20(2)37-27-6-5-21(13-22(27)15-30)26-19-35(38-29)28-25(26)14-23(16-31-28)24-17-32-34(18-24)8-7-33-9-11-36-12-10-33/h5-6,13-14,16-20H,3-4,7-12H2,1-2H3. The number of pyridine rings is 1. The number of nitriles is 1. The van der Waals surface area contributed by atoms with E-state index in [0.717, 1.165) is 85.5 Å². The highest BCUT2D eigenvalue weighted by Gasteiger charge is 2.17. The van der Waals surface area contributed by atoms with Crippen LogP contribution in [-0.4, -0.2) is 62.6 Å². The van der Waals surface area contributed by atoms with E-state index in [-0.39, 0.29) is 6.10 Å². The summed E-state index contributed by atoms with van der Waals surface area (Å²) < 4.78 is 15.6. The van der Waals surface area contributed by atoms with Crippen LogP contribution in [0.15, 0.2) is 49.1 Å². The molecule has 38 heavy (non-hydrogen) atoms. The van der Waals surface area contributed by atoms with Crippen LogP contribution in [0, 0.1) is 11.3 Å². The van der Waals surface area contributed by atoms with Crippen molar-refractivity contribution in [1.82, 2.24) is 23.6 Å². The number of halogens is 1. The number of hydrogen-bond donors (Lipinski definition) is 0. The van der Waals surface area contributed by atoms with Gasteiger partial charge in [-0.1, -0.05) is 19.4 Å². The smallest absolute Gasteiger partial charge is 0.151 e. The molecular formula is C28H31IN6O2S. The lowest BCUT2D eigenvalue weighted by molar-refractivity contribution is 0.0360. The Kier molecular flexibility index (Phi) is 8.89. The van der Waals surface area contributed by atoms with E-state index >= 15 is 0 Å². The summed E-state index contributed by atoms with van der Waals surface area (Å²) in [5, 5.41) is 15.5. The van der Waals surface area contributed by atoms with Crippen molar-refractivity contribution in [1.29, 1.82) is 5.26 Å². The summed E-state index contributed by atoms with van der Waals surface area (Å²) in [6, 6.07) is 10.4. The van der Waals surface area contributed by atoms with E-state index in [0.29, 0.717) is 11.3 Å². The van der Waals surface area contributed by atoms with Gasteiger partial charge in [0.05, 0.1) is 37.6 Å². The molecule has 10 heteroatoms. The van der Waals surface area contributed by atoms with Crippen LogP contribution >= 0.6 is 30.3 Å². The predicted molar refractivity (Wildman–Crippen MR) is 160 cm³/mol. The minimum atomic E-state index is 0.0665. The van der Waals surface area contributed by atoms with E-state index in [2.05, 4.69) is 66.6 Å². The van der Waals surface area contributed by atoms with Gasteiger partial charge in [0.2, 0.25) is 0 Å². The number of aromatic nitrogens is 4. The van der Waals surface area contributed by atoms with Crippen molar-refractivity contribution in [3.8, 4) is 34.1 Å². The van der Waals surface area contributed by atoms with E-state index in [9.17, 15) is 5.26 Å². The third-order valence-electron chi connectivity index (χ3n) is 6.84. The molecule has 0 spiro atoms. The molecule has 4 heterocycles. The molecule has 0 bridgehead atoms. The van der Waals surface area contributed by atoms with Gasteiger partial charge in [-0.2, -0.15) is 10.4 Å². The highest BCUT2D eigenvalue weighted by atomic mass is 127. The molecule has 3 aromatic heterocycles. The Morgan fingerprint density at radius 3 is 2.74 bits per heavy atom. The topological polar surface area (TPSA) is 81.1 Å². The summed E-state index contributed by atoms with van der Waals surface area (Å²) in [7, 11) is 1.57. The summed E-state index contributed by atoms with van der Waals surface area (Å²) in [5.41, 5.74) is 5.47. The van der Waals surface area contributed by atoms with Crippen molar-refractivity contribution in [2.24, 2.45) is 0 Å². The maximum atomic E-state index is 9.85. The minimum Gasteiger partial charge on any atom is -0.489 e. The predicted octanol–water partition coefficient (Wildman–Crippen LogP) is 6.18. The summed E-state index contributed by atoms with van der Waals surface area (Å²) in [5.74, 6) is 0.632. The van der Waals surface area contributed by atoms with Gasteiger partial charge in [-0.3, -0.25) is 13.6 Å². The Labute approximate surface area is 239 Å². The van der Waals surface area contributed by atoms with Gasteiger partial charge in [0.25, 0.3) is 0 Å². The van der Waals surface area contributed by atoms with Crippen LogP contribution in [0.4, 0.5) is 0 Å². The molecule has 1 fully saturated rings. The van der Waals surface area contributed by atoms with E-state index in [1.807, 2.05) is 42.2 Å². The van der Waals surface area contributed by atoms with Gasteiger partial charge in [0, 0.05) is 90.6 Å². The molecule has 4 aromatic rings. The normalized spacial score (nSPS) is 15.0. The van der Waals surface area contributed by atoms with Gasteiger partial charge in [0.1, 0.15) is 11.8 Å². The van der Waals surface area contributed by atoms with Gasteiger partial charge in [-0.05, 0) is 37.1 Å². The lowest BCUT2D eigenvalue weighted by Gasteiger charge is -2.26. The maximum Gasteiger partial charge on any atom is 0.151 e. The lowest BCUT2D eigenvalue weighted by Crippen LogP contribution is -2.38. The molecule has 1 atom stereocenters. The summed E-state index contributed by atoms with van der Waals surface area (Å²) in [6.45, 7) is 9.53. The Balaban J connectivity index is 1.43. The molecule has 0 aliphatic carbocycles. The molecule has 1 unspecified atom stereocenters. The Bertz CT molecular complexity index is 1440. The first-order chi connectivity index (χ1) is 18.6. The average molecular weight is 643 g/mol. The number of nitrogens with zero attached hydrogens (tertiary/aromatic N) is 6. The highest BCUT2D eigenvalue weighted by molar-refractivity contribution is 14.2. The highest BCUT2D eigenvalue weighted by Crippen LogP contribution is 2.37. The molecule has 1 aromatic carbocycles. The van der Waals surface area contributed by atoms with Crippen LogP contribution in [-0.2, 0) is 11.3 Å². The third-order valence-corrected chi connectivity index (χ3v) is 8.54. The van der Waals surface area contributed by atoms with Crippen molar-refractivity contribution in [2.75, 3.05) is 32.8 Å². The molecule has 5 rings (SSSR count). The average Bonchev–Trinajstić information content (AvgIpc) is 3.57. The molecule has 0 amide bonds. The first-order valence-corrected chi connectivity index (χ1v) is 16.3. The van der Waals surface area contributed by atoms with Crippen LogP contribution < -0.4 is 4.74 Å². The van der Waals surface area contributed by atoms with Crippen molar-refractivity contribution in [2.45, 2.75) is 39.3 Å². The lowest BCUT2D eigenvalue weighted by atomic mass is 10.0. The molecular weight excluding hydrogens is 611 g/mol. The van der Waals surface area contributed by atoms with Crippen molar-refractivity contribution >= 4 is 41.4 Å². The number of benzene rings is 1. The van der Waals surface area contributed by atoms with Crippen molar-refractivity contribution in [3.05, 3.63) is 54.6 Å². The third kappa shape index (κ3) is 6.01. The van der Waals surface area contributed by atoms with Gasteiger partial charge >= 0.3 is 0 Å². The monoisotopic (exact) mass is 642 g/mol. The quantitative estimate of drug-likeness (QED) is 0.191. The van der Waals surface area contributed by atoms with Crippen molar-refractivity contribution in [3.63, 3.8) is 0 Å². The van der Waals surface area contributed by atoms with Crippen LogP contribution in [0.5, 0.6) is 5.75 Å². The van der Waals surface area contributed by atoms with Gasteiger partial charge in [0.15, 0.2) is 5.65 Å². The van der Waals surface area contributed by atoms with Crippen LogP contribution in [0.1, 0.15) is 32.3 Å². The molecule has 0 saturated carbocycles. The Morgan fingerprint density at radius 1 is 1.13 bits per heavy atom. The molecule has 0 radical (unpaired) electrons. The number of fused-ring (bicyclic) bond motifs is 1. The molecule has 198 valence electrons. The largest absolute Gasteiger partial charge is 0.489 e. The zero-order chi connectivity index (χ0) is 26.5. The minimum absolute atomic E-state index is 0.0665. The fraction of sp³-hybridized carbons (Fsp3) is 0.393. The Morgan fingerprint density at radius 2 is 1.97 bits per heavy atom. The summed E-state index contributed by atoms with van der Waals surface area (Å²) in [6.07, 6.45) is 10.0. The number of morpholine rings is 1.